The number of nitrogens with zero attached hydrogens (tertiary/aromatic N) is 2. The summed E-state index contributed by atoms with van der Waals surface area (Å²) in [7, 11) is 0. The fourth-order valence-electron chi connectivity index (χ4n) is 3.13. The van der Waals surface area contributed by atoms with Gasteiger partial charge in [0.2, 0.25) is 5.91 Å². The van der Waals surface area contributed by atoms with Crippen LogP contribution >= 0.6 is 0 Å². The summed E-state index contributed by atoms with van der Waals surface area (Å²) >= 11 is 0. The fourth-order valence-corrected chi connectivity index (χ4v) is 3.13. The van der Waals surface area contributed by atoms with Crippen molar-refractivity contribution >= 4 is 5.91 Å². The van der Waals surface area contributed by atoms with E-state index in [0.717, 1.165) is 50.6 Å². The van der Waals surface area contributed by atoms with Crippen LogP contribution in [0, 0.1) is 0 Å². The van der Waals surface area contributed by atoms with E-state index < -0.39 is 0 Å². The molecule has 1 atom stereocenters. The monoisotopic (exact) mass is 319 g/mol. The summed E-state index contributed by atoms with van der Waals surface area (Å²) in [6.07, 6.45) is 0. The molecule has 1 aromatic carbocycles. The zero-order valence-electron chi connectivity index (χ0n) is 14.5. The van der Waals surface area contributed by atoms with E-state index in [9.17, 15) is 4.79 Å². The van der Waals surface area contributed by atoms with Crippen molar-refractivity contribution in [3.05, 3.63) is 29.8 Å². The first-order valence-electron chi connectivity index (χ1n) is 8.68. The fraction of sp³-hybridized carbons (Fsp3) is 0.611. The number of rotatable bonds is 7. The minimum Gasteiger partial charge on any atom is -0.494 e. The summed E-state index contributed by atoms with van der Waals surface area (Å²) in [5.41, 5.74) is 0.980. The Hall–Kier alpha value is -1.59. The van der Waals surface area contributed by atoms with Gasteiger partial charge < -0.3 is 15.0 Å². The third-order valence-corrected chi connectivity index (χ3v) is 4.34. The lowest BCUT2D eigenvalue weighted by molar-refractivity contribution is -0.137. The van der Waals surface area contributed by atoms with E-state index in [1.165, 1.54) is 0 Å². The molecule has 0 radical (unpaired) electrons. The maximum atomic E-state index is 13.2. The molecule has 1 aliphatic heterocycles. The molecule has 0 aromatic heterocycles. The largest absolute Gasteiger partial charge is 0.494 e. The number of piperazine rings is 1. The van der Waals surface area contributed by atoms with E-state index in [2.05, 4.69) is 10.2 Å². The second kappa shape index (κ2) is 8.89. The first-order chi connectivity index (χ1) is 11.2. The highest BCUT2D eigenvalue weighted by Crippen LogP contribution is 2.31. The molecule has 2 rings (SSSR count). The van der Waals surface area contributed by atoms with Gasteiger partial charge in [-0.25, -0.2) is 0 Å². The third-order valence-electron chi connectivity index (χ3n) is 4.34. The number of hydrogen-bond acceptors (Lipinski definition) is 4. The number of hydrogen-bond donors (Lipinski definition) is 1. The number of ether oxygens (including phenoxy) is 1. The molecule has 1 heterocycles. The molecule has 1 N–H and O–H groups in total. The lowest BCUT2D eigenvalue weighted by Gasteiger charge is -2.37. The SMILES string of the molecule is CCOc1ccccc1C(C(=O)N(CC)CC)N1CCNCC1. The van der Waals surface area contributed by atoms with Crippen molar-refractivity contribution in [2.45, 2.75) is 26.8 Å². The summed E-state index contributed by atoms with van der Waals surface area (Å²) in [5, 5.41) is 3.36. The molecule has 5 nitrogen and oxygen atoms in total. The highest BCUT2D eigenvalue weighted by molar-refractivity contribution is 5.84. The van der Waals surface area contributed by atoms with E-state index in [4.69, 9.17) is 4.74 Å². The van der Waals surface area contributed by atoms with E-state index in [0.29, 0.717) is 6.61 Å². The van der Waals surface area contributed by atoms with Crippen LogP contribution in [0.25, 0.3) is 0 Å². The molecule has 23 heavy (non-hydrogen) atoms. The first kappa shape index (κ1) is 17.8. The quantitative estimate of drug-likeness (QED) is 0.834. The number of para-hydroxylation sites is 1. The maximum Gasteiger partial charge on any atom is 0.244 e. The van der Waals surface area contributed by atoms with Gasteiger partial charge in [0, 0.05) is 44.8 Å². The molecule has 1 unspecified atom stereocenters. The van der Waals surface area contributed by atoms with Gasteiger partial charge >= 0.3 is 0 Å². The zero-order chi connectivity index (χ0) is 16.7. The highest BCUT2D eigenvalue weighted by atomic mass is 16.5. The lowest BCUT2D eigenvalue weighted by atomic mass is 10.0. The van der Waals surface area contributed by atoms with E-state index in [1.54, 1.807) is 0 Å². The highest BCUT2D eigenvalue weighted by Gasteiger charge is 2.33. The number of nitrogens with one attached hydrogen (secondary N) is 1. The van der Waals surface area contributed by atoms with Gasteiger partial charge in [-0.1, -0.05) is 18.2 Å². The Kier molecular flexibility index (Phi) is 6.86. The number of benzene rings is 1. The van der Waals surface area contributed by atoms with Gasteiger partial charge in [-0.05, 0) is 26.8 Å². The molecule has 0 bridgehead atoms. The second-order valence-corrected chi connectivity index (χ2v) is 5.67. The predicted molar refractivity (Wildman–Crippen MR) is 92.7 cm³/mol. The van der Waals surface area contributed by atoms with Crippen LogP contribution < -0.4 is 10.1 Å². The second-order valence-electron chi connectivity index (χ2n) is 5.67. The summed E-state index contributed by atoms with van der Waals surface area (Å²) in [6, 6.07) is 7.68. The van der Waals surface area contributed by atoms with Crippen LogP contribution in [-0.4, -0.2) is 61.6 Å². The molecular weight excluding hydrogens is 290 g/mol. The van der Waals surface area contributed by atoms with Gasteiger partial charge in [0.05, 0.1) is 6.61 Å². The molecule has 1 fully saturated rings. The van der Waals surface area contributed by atoms with E-state index in [-0.39, 0.29) is 11.9 Å². The van der Waals surface area contributed by atoms with E-state index >= 15 is 0 Å². The normalized spacial score (nSPS) is 16.8. The molecular formula is C18H29N3O2. The Morgan fingerprint density at radius 3 is 2.48 bits per heavy atom. The Bertz CT molecular complexity index is 497. The van der Waals surface area contributed by atoms with Crippen LogP contribution in [-0.2, 0) is 4.79 Å². The molecule has 0 spiro atoms. The third kappa shape index (κ3) is 4.24. The molecule has 128 valence electrons. The predicted octanol–water partition coefficient (Wildman–Crippen LogP) is 1.90. The molecule has 0 aliphatic carbocycles. The smallest absolute Gasteiger partial charge is 0.244 e. The molecule has 1 amide bonds. The number of carbonyl (C=O) groups excluding carboxylic acids is 1. The molecule has 1 aromatic rings. The van der Waals surface area contributed by atoms with Crippen molar-refractivity contribution in [3.63, 3.8) is 0 Å². The van der Waals surface area contributed by atoms with E-state index in [1.807, 2.05) is 49.9 Å². The van der Waals surface area contributed by atoms with Crippen LogP contribution in [0.5, 0.6) is 5.75 Å². The maximum absolute atomic E-state index is 13.2. The summed E-state index contributed by atoms with van der Waals surface area (Å²) in [4.78, 5) is 17.4. The number of amides is 1. The molecule has 0 saturated carbocycles. The number of likely N-dealkylation sites (N-methyl/N-ethyl adjacent to an activating group) is 1. The average molecular weight is 319 g/mol. The van der Waals surface area contributed by atoms with Crippen LogP contribution in [0.3, 0.4) is 0 Å². The van der Waals surface area contributed by atoms with Crippen molar-refractivity contribution in [1.82, 2.24) is 15.1 Å². The topological polar surface area (TPSA) is 44.8 Å². The van der Waals surface area contributed by atoms with Crippen molar-refractivity contribution < 1.29 is 9.53 Å². The minimum atomic E-state index is -0.264. The first-order valence-corrected chi connectivity index (χ1v) is 8.68. The van der Waals surface area contributed by atoms with Gasteiger partial charge in [-0.2, -0.15) is 0 Å². The minimum absolute atomic E-state index is 0.170. The molecule has 1 aliphatic rings. The summed E-state index contributed by atoms with van der Waals surface area (Å²) in [6.45, 7) is 11.7. The molecule has 5 heteroatoms. The van der Waals surface area contributed by atoms with Crippen molar-refractivity contribution in [2.75, 3.05) is 45.9 Å². The Morgan fingerprint density at radius 1 is 1.22 bits per heavy atom. The van der Waals surface area contributed by atoms with Crippen molar-refractivity contribution in [2.24, 2.45) is 0 Å². The Balaban J connectivity index is 2.38. The Morgan fingerprint density at radius 2 is 1.87 bits per heavy atom. The van der Waals surface area contributed by atoms with Gasteiger partial charge in [0.25, 0.3) is 0 Å². The number of carbonyl (C=O) groups is 1. The van der Waals surface area contributed by atoms with Gasteiger partial charge in [0.1, 0.15) is 11.8 Å². The van der Waals surface area contributed by atoms with Crippen molar-refractivity contribution in [3.8, 4) is 5.75 Å². The van der Waals surface area contributed by atoms with Gasteiger partial charge in [-0.15, -0.1) is 0 Å². The van der Waals surface area contributed by atoms with Gasteiger partial charge in [-0.3, -0.25) is 9.69 Å². The zero-order valence-corrected chi connectivity index (χ0v) is 14.5. The standard InChI is InChI=1S/C18H29N3O2/c1-4-20(5-2)18(22)17(21-13-11-19-12-14-21)15-9-7-8-10-16(15)23-6-3/h7-10,17,19H,4-6,11-14H2,1-3H3. The lowest BCUT2D eigenvalue weighted by Crippen LogP contribution is -2.50. The van der Waals surface area contributed by atoms with Crippen LogP contribution in [0.15, 0.2) is 24.3 Å². The van der Waals surface area contributed by atoms with Crippen molar-refractivity contribution in [1.29, 1.82) is 0 Å². The Labute approximate surface area is 139 Å². The molecule has 1 saturated heterocycles. The van der Waals surface area contributed by atoms with Crippen LogP contribution in [0.2, 0.25) is 0 Å². The van der Waals surface area contributed by atoms with Crippen LogP contribution in [0.1, 0.15) is 32.4 Å². The van der Waals surface area contributed by atoms with Crippen LogP contribution in [0.4, 0.5) is 0 Å². The summed E-state index contributed by atoms with van der Waals surface area (Å²) in [5.74, 6) is 0.989. The van der Waals surface area contributed by atoms with Gasteiger partial charge in [0.15, 0.2) is 0 Å². The summed E-state index contributed by atoms with van der Waals surface area (Å²) < 4.78 is 5.79. The average Bonchev–Trinajstić information content (AvgIpc) is 2.59.